The van der Waals surface area contributed by atoms with Gasteiger partial charge in [0, 0.05) is 5.69 Å². The lowest BCUT2D eigenvalue weighted by molar-refractivity contribution is 0.387. The molecule has 2 aromatic rings. The molecule has 1 aliphatic rings. The zero-order valence-corrected chi connectivity index (χ0v) is 15.5. The molecule has 2 N–H and O–H groups in total. The predicted molar refractivity (Wildman–Crippen MR) is 101 cm³/mol. The minimum absolute atomic E-state index is 0.0328. The number of benzene rings is 2. The van der Waals surface area contributed by atoms with Gasteiger partial charge in [0.25, 0.3) is 10.1 Å². The van der Waals surface area contributed by atoms with Crippen LogP contribution in [0.1, 0.15) is 43.0 Å². The van der Waals surface area contributed by atoms with E-state index in [9.17, 15) is 13.0 Å². The van der Waals surface area contributed by atoms with Gasteiger partial charge >= 0.3 is 0 Å². The third-order valence-electron chi connectivity index (χ3n) is 5.14. The molecule has 0 saturated heterocycles. The van der Waals surface area contributed by atoms with E-state index in [0.29, 0.717) is 6.42 Å². The Morgan fingerprint density at radius 1 is 1.20 bits per heavy atom. The van der Waals surface area contributed by atoms with Gasteiger partial charge in [-0.1, -0.05) is 49.4 Å². The lowest BCUT2D eigenvalue weighted by Crippen LogP contribution is -2.32. The predicted octanol–water partition coefficient (Wildman–Crippen LogP) is 4.24. The Morgan fingerprint density at radius 3 is 2.56 bits per heavy atom. The van der Waals surface area contributed by atoms with Gasteiger partial charge in [0.2, 0.25) is 0 Å². The summed E-state index contributed by atoms with van der Waals surface area (Å²) in [5.41, 5.74) is 4.75. The number of aryl methyl sites for hydroxylation is 1. The molecule has 1 heterocycles. The highest BCUT2D eigenvalue weighted by Gasteiger charge is 2.33. The molecule has 3 rings (SSSR count). The van der Waals surface area contributed by atoms with Crippen molar-refractivity contribution >= 4 is 15.8 Å². The van der Waals surface area contributed by atoms with Crippen LogP contribution in [0.2, 0.25) is 0 Å². The summed E-state index contributed by atoms with van der Waals surface area (Å²) in [5.74, 6) is 0.0962. The first kappa shape index (κ1) is 18.0. The third-order valence-corrected chi connectivity index (χ3v) is 6.35. The molecule has 0 bridgehead atoms. The van der Waals surface area contributed by atoms with Crippen molar-refractivity contribution in [2.24, 2.45) is 5.92 Å². The van der Waals surface area contributed by atoms with Crippen molar-refractivity contribution in [3.05, 3.63) is 65.2 Å². The average Bonchev–Trinajstić information content (AvgIpc) is 2.60. The number of nitrogens with one attached hydrogen (secondary N) is 1. The summed E-state index contributed by atoms with van der Waals surface area (Å²) in [6.45, 7) is 3.71. The Balaban J connectivity index is 1.95. The smallest absolute Gasteiger partial charge is 0.267 e. The fourth-order valence-corrected chi connectivity index (χ4v) is 4.14. The lowest BCUT2D eigenvalue weighted by Gasteiger charge is -2.36. The average molecular weight is 359 g/mol. The van der Waals surface area contributed by atoms with Crippen LogP contribution in [0.4, 0.5) is 5.69 Å². The van der Waals surface area contributed by atoms with E-state index in [0.717, 1.165) is 24.1 Å². The number of rotatable bonds is 5. The molecule has 25 heavy (non-hydrogen) atoms. The Hall–Kier alpha value is -1.85. The van der Waals surface area contributed by atoms with Gasteiger partial charge in [0.1, 0.15) is 0 Å². The van der Waals surface area contributed by atoms with Gasteiger partial charge < -0.3 is 5.32 Å². The van der Waals surface area contributed by atoms with Crippen LogP contribution in [-0.2, 0) is 23.0 Å². The molecule has 0 fully saturated rings. The van der Waals surface area contributed by atoms with Gasteiger partial charge in [0.15, 0.2) is 0 Å². The van der Waals surface area contributed by atoms with Crippen molar-refractivity contribution in [3.8, 4) is 0 Å². The van der Waals surface area contributed by atoms with Gasteiger partial charge in [-0.3, -0.25) is 4.55 Å². The summed E-state index contributed by atoms with van der Waals surface area (Å²) in [6.07, 6.45) is 2.19. The Bertz CT molecular complexity index is 833. The van der Waals surface area contributed by atoms with Crippen LogP contribution in [-0.4, -0.2) is 18.2 Å². The molecule has 2 aromatic carbocycles. The molecule has 5 heteroatoms. The zero-order chi connectivity index (χ0) is 18.0. The van der Waals surface area contributed by atoms with Crippen molar-refractivity contribution in [2.45, 2.75) is 44.4 Å². The van der Waals surface area contributed by atoms with Crippen molar-refractivity contribution < 1.29 is 13.0 Å². The van der Waals surface area contributed by atoms with E-state index >= 15 is 0 Å². The monoisotopic (exact) mass is 359 g/mol. The summed E-state index contributed by atoms with van der Waals surface area (Å²) < 4.78 is 32.5. The molecule has 134 valence electrons. The van der Waals surface area contributed by atoms with Crippen LogP contribution < -0.4 is 5.32 Å². The Labute approximate surface area is 150 Å². The van der Waals surface area contributed by atoms with Crippen LogP contribution in [0, 0.1) is 5.92 Å². The second-order valence-electron chi connectivity index (χ2n) is 6.90. The van der Waals surface area contributed by atoms with Crippen LogP contribution in [0.5, 0.6) is 0 Å². The molecule has 1 aliphatic heterocycles. The molecule has 4 nitrogen and oxygen atoms in total. The molecule has 3 atom stereocenters. The van der Waals surface area contributed by atoms with Crippen molar-refractivity contribution in [2.75, 3.05) is 5.32 Å². The molecule has 0 saturated carbocycles. The van der Waals surface area contributed by atoms with Crippen LogP contribution in [0.25, 0.3) is 0 Å². The quantitative estimate of drug-likeness (QED) is 0.784. The Kier molecular flexibility index (Phi) is 5.16. The highest BCUT2D eigenvalue weighted by atomic mass is 32.2. The summed E-state index contributed by atoms with van der Waals surface area (Å²) in [5, 5.41) is 2.82. The minimum Gasteiger partial charge on any atom is -0.378 e. The normalized spacial score (nSPS) is 21.2. The van der Waals surface area contributed by atoms with E-state index in [4.69, 9.17) is 0 Å². The number of anilines is 1. The van der Waals surface area contributed by atoms with E-state index in [2.05, 4.69) is 42.6 Å². The topological polar surface area (TPSA) is 66.4 Å². The van der Waals surface area contributed by atoms with E-state index in [1.54, 1.807) is 6.92 Å². The van der Waals surface area contributed by atoms with Crippen molar-refractivity contribution in [3.63, 3.8) is 0 Å². The molecule has 0 amide bonds. The van der Waals surface area contributed by atoms with E-state index < -0.39 is 15.4 Å². The summed E-state index contributed by atoms with van der Waals surface area (Å²) in [7, 11) is -4.03. The van der Waals surface area contributed by atoms with Gasteiger partial charge in [-0.2, -0.15) is 8.42 Å². The van der Waals surface area contributed by atoms with Gasteiger partial charge in [-0.15, -0.1) is 0 Å². The van der Waals surface area contributed by atoms with Crippen molar-refractivity contribution in [1.29, 1.82) is 0 Å². The van der Waals surface area contributed by atoms with Crippen molar-refractivity contribution in [1.82, 2.24) is 0 Å². The highest BCUT2D eigenvalue weighted by molar-refractivity contribution is 7.86. The fourth-order valence-electron chi connectivity index (χ4n) is 3.65. The molecule has 0 aliphatic carbocycles. The van der Waals surface area contributed by atoms with Gasteiger partial charge in [0.05, 0.1) is 11.3 Å². The standard InChI is InChI=1S/C20H25NO3S/c1-3-15-9-10-19-17(12-15)13-18(11-14(2)25(22,23)24)20(21-19)16-7-5-4-6-8-16/h4-10,12,14,18,20-21H,3,11,13H2,1-2H3,(H,22,23,24). The summed E-state index contributed by atoms with van der Waals surface area (Å²) in [4.78, 5) is 0. The summed E-state index contributed by atoms with van der Waals surface area (Å²) >= 11 is 0. The van der Waals surface area contributed by atoms with Crippen LogP contribution in [0.3, 0.4) is 0 Å². The largest absolute Gasteiger partial charge is 0.378 e. The summed E-state index contributed by atoms with van der Waals surface area (Å²) in [6, 6.07) is 16.6. The van der Waals surface area contributed by atoms with E-state index in [1.807, 2.05) is 18.2 Å². The first-order valence-electron chi connectivity index (χ1n) is 8.78. The van der Waals surface area contributed by atoms with Crippen LogP contribution >= 0.6 is 0 Å². The molecule has 0 aromatic heterocycles. The maximum atomic E-state index is 11.5. The molecule has 0 spiro atoms. The zero-order valence-electron chi connectivity index (χ0n) is 14.6. The SMILES string of the molecule is CCc1ccc2c(c1)CC(CC(C)S(=O)(=O)O)C(c1ccccc1)N2. The van der Waals surface area contributed by atoms with E-state index in [-0.39, 0.29) is 12.0 Å². The van der Waals surface area contributed by atoms with Gasteiger partial charge in [-0.25, -0.2) is 0 Å². The molecular formula is C20H25NO3S. The van der Waals surface area contributed by atoms with Gasteiger partial charge in [-0.05, 0) is 54.9 Å². The van der Waals surface area contributed by atoms with Crippen LogP contribution in [0.15, 0.2) is 48.5 Å². The highest BCUT2D eigenvalue weighted by Crippen LogP contribution is 2.39. The minimum atomic E-state index is -4.03. The maximum absolute atomic E-state index is 11.5. The second-order valence-corrected chi connectivity index (χ2v) is 8.74. The lowest BCUT2D eigenvalue weighted by atomic mass is 9.80. The first-order valence-corrected chi connectivity index (χ1v) is 10.3. The molecular weight excluding hydrogens is 334 g/mol. The van der Waals surface area contributed by atoms with E-state index in [1.165, 1.54) is 11.1 Å². The first-order chi connectivity index (χ1) is 11.9. The number of hydrogen-bond donors (Lipinski definition) is 2. The number of fused-ring (bicyclic) bond motifs is 1. The molecule has 0 radical (unpaired) electrons. The Morgan fingerprint density at radius 2 is 1.92 bits per heavy atom. The maximum Gasteiger partial charge on any atom is 0.267 e. The fraction of sp³-hybridized carbons (Fsp3) is 0.400. The molecule has 3 unspecified atom stereocenters. The number of hydrogen-bond acceptors (Lipinski definition) is 3. The second kappa shape index (κ2) is 7.18. The third kappa shape index (κ3) is 4.05.